The number of carbonyl (C=O) groups is 3. The maximum atomic E-state index is 12.7. The van der Waals surface area contributed by atoms with Crippen LogP contribution in [0.1, 0.15) is 39.4 Å². The zero-order valence-corrected chi connectivity index (χ0v) is 19.9. The average Bonchev–Trinajstić information content (AvgIpc) is 3.10. The highest BCUT2D eigenvalue weighted by Crippen LogP contribution is 2.34. The second-order valence-electron chi connectivity index (χ2n) is 6.68. The Morgan fingerprint density at radius 1 is 1.09 bits per heavy atom. The van der Waals surface area contributed by atoms with E-state index in [1.807, 2.05) is 13.8 Å². The highest BCUT2D eigenvalue weighted by molar-refractivity contribution is 7.18. The van der Waals surface area contributed by atoms with E-state index in [4.69, 9.17) is 24.7 Å². The third-order valence-electron chi connectivity index (χ3n) is 4.35. The number of ether oxygens (including phenoxy) is 4. The molecule has 4 N–H and O–H groups in total. The molecular weight excluding hydrogens is 450 g/mol. The van der Waals surface area contributed by atoms with E-state index >= 15 is 0 Å². The minimum atomic E-state index is -0.698. The number of benzene rings is 1. The lowest BCUT2D eigenvalue weighted by Gasteiger charge is -2.14. The monoisotopic (exact) mass is 479 g/mol. The van der Waals surface area contributed by atoms with Gasteiger partial charge in [-0.15, -0.1) is 11.3 Å². The van der Waals surface area contributed by atoms with Crippen molar-refractivity contribution < 1.29 is 33.3 Å². The molecule has 11 heteroatoms. The van der Waals surface area contributed by atoms with E-state index in [2.05, 4.69) is 10.6 Å². The normalized spacial score (nSPS) is 10.4. The topological polar surface area (TPSA) is 138 Å². The molecule has 0 unspecified atom stereocenters. The van der Waals surface area contributed by atoms with E-state index in [-0.39, 0.29) is 35.2 Å². The summed E-state index contributed by atoms with van der Waals surface area (Å²) in [4.78, 5) is 37.1. The zero-order chi connectivity index (χ0) is 24.4. The van der Waals surface area contributed by atoms with Crippen molar-refractivity contribution in [2.24, 2.45) is 5.73 Å². The fourth-order valence-corrected chi connectivity index (χ4v) is 3.97. The summed E-state index contributed by atoms with van der Waals surface area (Å²) < 4.78 is 21.1. The second kappa shape index (κ2) is 12.7. The van der Waals surface area contributed by atoms with Crippen molar-refractivity contribution in [3.63, 3.8) is 0 Å². The lowest BCUT2D eigenvalue weighted by molar-refractivity contribution is -0.114. The first-order chi connectivity index (χ1) is 15.8. The van der Waals surface area contributed by atoms with E-state index in [1.165, 1.54) is 7.11 Å². The number of hydrogen-bond donors (Lipinski definition) is 3. The van der Waals surface area contributed by atoms with Gasteiger partial charge < -0.3 is 35.3 Å². The molecule has 0 fully saturated rings. The Morgan fingerprint density at radius 2 is 1.82 bits per heavy atom. The Bertz CT molecular complexity index is 991. The van der Waals surface area contributed by atoms with Crippen LogP contribution in [0.15, 0.2) is 18.2 Å². The summed E-state index contributed by atoms with van der Waals surface area (Å²) in [5.41, 5.74) is 6.44. The smallest absolute Gasteiger partial charge is 0.341 e. The minimum Gasteiger partial charge on any atom is -0.494 e. The molecule has 1 aromatic carbocycles. The predicted molar refractivity (Wildman–Crippen MR) is 126 cm³/mol. The number of esters is 1. The molecule has 2 rings (SSSR count). The van der Waals surface area contributed by atoms with E-state index in [1.54, 1.807) is 25.1 Å². The molecule has 0 saturated carbocycles. The standard InChI is InChI=1S/C22H29N3O7S/c1-5-30-14-7-8-16(31-6-2)15(11-14)24-12-17(26)25-21-18(22(28)32-10-9-29-4)13(3)19(33-21)20(23)27/h7-8,11,24H,5-6,9-10,12H2,1-4H3,(H2,23,27)(H,25,26). The van der Waals surface area contributed by atoms with Crippen LogP contribution in [-0.4, -0.2) is 57.9 Å². The number of anilines is 2. The van der Waals surface area contributed by atoms with E-state index in [9.17, 15) is 14.4 Å². The molecule has 10 nitrogen and oxygen atoms in total. The summed E-state index contributed by atoms with van der Waals surface area (Å²) in [7, 11) is 1.48. The van der Waals surface area contributed by atoms with Crippen LogP contribution in [0.4, 0.5) is 10.7 Å². The number of amides is 2. The van der Waals surface area contributed by atoms with Gasteiger partial charge in [0, 0.05) is 13.2 Å². The SMILES string of the molecule is CCOc1ccc(OCC)c(NCC(=O)Nc2sc(C(N)=O)c(C)c2C(=O)OCCOC)c1. The van der Waals surface area contributed by atoms with Gasteiger partial charge in [-0.05, 0) is 38.5 Å². The van der Waals surface area contributed by atoms with Gasteiger partial charge in [-0.1, -0.05) is 0 Å². The number of rotatable bonds is 13. The molecule has 0 aliphatic heterocycles. The Hall–Kier alpha value is -3.31. The number of primary amides is 1. The van der Waals surface area contributed by atoms with E-state index in [0.29, 0.717) is 36.0 Å². The summed E-state index contributed by atoms with van der Waals surface area (Å²) in [6.45, 7) is 6.37. The number of nitrogens with one attached hydrogen (secondary N) is 2. The third-order valence-corrected chi connectivity index (χ3v) is 5.57. The number of thiophene rings is 1. The predicted octanol–water partition coefficient (Wildman–Crippen LogP) is 2.81. The van der Waals surface area contributed by atoms with Gasteiger partial charge in [-0.25, -0.2) is 4.79 Å². The fraction of sp³-hybridized carbons (Fsp3) is 0.409. The van der Waals surface area contributed by atoms with Crippen LogP contribution >= 0.6 is 11.3 Å². The van der Waals surface area contributed by atoms with Crippen molar-refractivity contribution in [1.82, 2.24) is 0 Å². The number of nitrogens with two attached hydrogens (primary N) is 1. The lowest BCUT2D eigenvalue weighted by atomic mass is 10.1. The molecule has 0 aliphatic rings. The summed E-state index contributed by atoms with van der Waals surface area (Å²) in [6, 6.07) is 5.27. The fourth-order valence-electron chi connectivity index (χ4n) is 2.90. The van der Waals surface area contributed by atoms with Crippen LogP contribution < -0.4 is 25.8 Å². The number of methoxy groups -OCH3 is 1. The van der Waals surface area contributed by atoms with Crippen LogP contribution in [0, 0.1) is 6.92 Å². The quantitative estimate of drug-likeness (QED) is 0.294. The van der Waals surface area contributed by atoms with Crippen molar-refractivity contribution in [2.75, 3.05) is 50.7 Å². The molecule has 1 aromatic heterocycles. The summed E-state index contributed by atoms with van der Waals surface area (Å²) in [5.74, 6) is -0.623. The van der Waals surface area contributed by atoms with Crippen LogP contribution in [0.25, 0.3) is 0 Å². The van der Waals surface area contributed by atoms with Gasteiger partial charge in [-0.2, -0.15) is 0 Å². The van der Waals surface area contributed by atoms with Crippen molar-refractivity contribution >= 4 is 39.8 Å². The maximum absolute atomic E-state index is 12.7. The Morgan fingerprint density at radius 3 is 2.45 bits per heavy atom. The van der Waals surface area contributed by atoms with Gasteiger partial charge in [0.15, 0.2) is 0 Å². The molecule has 0 aliphatic carbocycles. The minimum absolute atomic E-state index is 0.0296. The molecule has 0 bridgehead atoms. The largest absolute Gasteiger partial charge is 0.494 e. The van der Waals surface area contributed by atoms with Crippen LogP contribution in [-0.2, 0) is 14.3 Å². The molecule has 33 heavy (non-hydrogen) atoms. The van der Waals surface area contributed by atoms with Crippen molar-refractivity contribution in [3.8, 4) is 11.5 Å². The molecule has 0 radical (unpaired) electrons. The highest BCUT2D eigenvalue weighted by atomic mass is 32.1. The maximum Gasteiger partial charge on any atom is 0.341 e. The summed E-state index contributed by atoms with van der Waals surface area (Å²) in [5, 5.41) is 5.86. The van der Waals surface area contributed by atoms with Gasteiger partial charge in [0.2, 0.25) is 5.91 Å². The van der Waals surface area contributed by atoms with E-state index in [0.717, 1.165) is 11.3 Å². The Kier molecular flexibility index (Phi) is 9.95. The van der Waals surface area contributed by atoms with Crippen molar-refractivity contribution in [2.45, 2.75) is 20.8 Å². The molecule has 2 amide bonds. The summed E-state index contributed by atoms with van der Waals surface area (Å²) >= 11 is 0.921. The first-order valence-corrected chi connectivity index (χ1v) is 11.2. The first-order valence-electron chi connectivity index (χ1n) is 10.3. The second-order valence-corrected chi connectivity index (χ2v) is 7.70. The Labute approximate surface area is 196 Å². The molecule has 0 saturated heterocycles. The van der Waals surface area contributed by atoms with Gasteiger partial charge >= 0.3 is 5.97 Å². The van der Waals surface area contributed by atoms with Gasteiger partial charge in [0.25, 0.3) is 5.91 Å². The number of carbonyl (C=O) groups excluding carboxylic acids is 3. The van der Waals surface area contributed by atoms with Crippen molar-refractivity contribution in [1.29, 1.82) is 0 Å². The number of hydrogen-bond acceptors (Lipinski definition) is 9. The zero-order valence-electron chi connectivity index (χ0n) is 19.1. The van der Waals surface area contributed by atoms with Gasteiger partial charge in [0.05, 0.1) is 42.5 Å². The molecule has 0 atom stereocenters. The first kappa shape index (κ1) is 25.9. The summed E-state index contributed by atoms with van der Waals surface area (Å²) in [6.07, 6.45) is 0. The molecule has 2 aromatic rings. The molecule has 0 spiro atoms. The molecular formula is C22H29N3O7S. The molecule has 1 heterocycles. The van der Waals surface area contributed by atoms with Crippen LogP contribution in [0.2, 0.25) is 0 Å². The average molecular weight is 480 g/mol. The third kappa shape index (κ3) is 7.09. The van der Waals surface area contributed by atoms with Gasteiger partial charge in [-0.3, -0.25) is 9.59 Å². The van der Waals surface area contributed by atoms with Gasteiger partial charge in [0.1, 0.15) is 23.1 Å². The lowest BCUT2D eigenvalue weighted by Crippen LogP contribution is -2.23. The highest BCUT2D eigenvalue weighted by Gasteiger charge is 2.26. The van der Waals surface area contributed by atoms with Crippen LogP contribution in [0.3, 0.4) is 0 Å². The van der Waals surface area contributed by atoms with Crippen LogP contribution in [0.5, 0.6) is 11.5 Å². The molecule has 180 valence electrons. The Balaban J connectivity index is 2.18. The van der Waals surface area contributed by atoms with Crippen molar-refractivity contribution in [3.05, 3.63) is 34.2 Å². The van der Waals surface area contributed by atoms with E-state index < -0.39 is 17.8 Å².